The van der Waals surface area contributed by atoms with Crippen molar-refractivity contribution in [1.82, 2.24) is 10.2 Å². The molecule has 4 rings (SSSR count). The summed E-state index contributed by atoms with van der Waals surface area (Å²) in [5.41, 5.74) is 4.81. The maximum absolute atomic E-state index is 11.5. The third kappa shape index (κ3) is 6.97. The van der Waals surface area contributed by atoms with Gasteiger partial charge in [0, 0.05) is 57.3 Å². The molecule has 2 heterocycles. The van der Waals surface area contributed by atoms with Gasteiger partial charge in [-0.05, 0) is 68.0 Å². The molecular formula is C30H40ClN3O5. The first-order valence-electron chi connectivity index (χ1n) is 13.7. The number of hydrogen-bond donors (Lipinski definition) is 1. The molecule has 0 aromatic heterocycles. The van der Waals surface area contributed by atoms with Gasteiger partial charge in [-0.3, -0.25) is 14.5 Å². The van der Waals surface area contributed by atoms with Crippen LogP contribution in [0.25, 0.3) is 0 Å². The molecule has 2 aliphatic heterocycles. The predicted molar refractivity (Wildman–Crippen MR) is 153 cm³/mol. The van der Waals surface area contributed by atoms with E-state index < -0.39 is 12.1 Å². The summed E-state index contributed by atoms with van der Waals surface area (Å²) in [4.78, 5) is 27.9. The van der Waals surface area contributed by atoms with E-state index in [2.05, 4.69) is 41.1 Å². The van der Waals surface area contributed by atoms with Crippen molar-refractivity contribution in [3.63, 3.8) is 0 Å². The van der Waals surface area contributed by atoms with Crippen molar-refractivity contribution < 1.29 is 23.8 Å². The Balaban J connectivity index is 1.45. The number of fused-ring (bicyclic) bond motifs is 1. The molecule has 0 saturated carbocycles. The topological polar surface area (TPSA) is 80.3 Å². The molecule has 0 bridgehead atoms. The second-order valence-electron chi connectivity index (χ2n) is 10.5. The van der Waals surface area contributed by atoms with Gasteiger partial charge in [0.1, 0.15) is 18.1 Å². The van der Waals surface area contributed by atoms with E-state index in [0.717, 1.165) is 43.1 Å². The molecule has 9 heteroatoms. The van der Waals surface area contributed by atoms with Crippen molar-refractivity contribution in [2.45, 2.75) is 65.1 Å². The van der Waals surface area contributed by atoms with Gasteiger partial charge in [-0.2, -0.15) is 0 Å². The summed E-state index contributed by atoms with van der Waals surface area (Å²) in [7, 11) is 1.65. The third-order valence-electron chi connectivity index (χ3n) is 7.92. The summed E-state index contributed by atoms with van der Waals surface area (Å²) in [6, 6.07) is 11.1. The lowest BCUT2D eigenvalue weighted by Crippen LogP contribution is -2.56. The number of ether oxygens (including phenoxy) is 3. The number of halogens is 1. The molecule has 0 aliphatic carbocycles. The Hall–Kier alpha value is -2.97. The maximum atomic E-state index is 11.5. The van der Waals surface area contributed by atoms with Gasteiger partial charge < -0.3 is 24.4 Å². The number of piperazine rings is 1. The number of methoxy groups -OCH3 is 1. The van der Waals surface area contributed by atoms with Crippen LogP contribution in [0.5, 0.6) is 11.5 Å². The first kappa shape index (κ1) is 29.0. The second-order valence-corrected chi connectivity index (χ2v) is 10.9. The van der Waals surface area contributed by atoms with Crippen molar-refractivity contribution in [1.29, 1.82) is 0 Å². The van der Waals surface area contributed by atoms with Gasteiger partial charge >= 0.3 is 5.97 Å². The van der Waals surface area contributed by atoms with Crippen LogP contribution in [0, 0.1) is 13.8 Å². The second kappa shape index (κ2) is 12.9. The van der Waals surface area contributed by atoms with E-state index in [1.54, 1.807) is 7.11 Å². The van der Waals surface area contributed by atoms with Crippen LogP contribution in [-0.4, -0.2) is 68.8 Å². The van der Waals surface area contributed by atoms with Crippen molar-refractivity contribution in [3.8, 4) is 11.5 Å². The number of piperidine rings is 1. The number of anilines is 1. The molecule has 2 aromatic rings. The van der Waals surface area contributed by atoms with Crippen LogP contribution in [0.1, 0.15) is 55.8 Å². The number of nitrogens with one attached hydrogen (secondary N) is 1. The molecule has 8 nitrogen and oxygen atoms in total. The van der Waals surface area contributed by atoms with E-state index in [-0.39, 0.29) is 19.1 Å². The lowest BCUT2D eigenvalue weighted by Gasteiger charge is -2.49. The number of amides is 1. The molecule has 212 valence electrons. The van der Waals surface area contributed by atoms with E-state index in [1.165, 1.54) is 37.8 Å². The summed E-state index contributed by atoms with van der Waals surface area (Å²) in [5.74, 6) is 0.897. The van der Waals surface area contributed by atoms with Gasteiger partial charge in [0.25, 0.3) is 0 Å². The summed E-state index contributed by atoms with van der Waals surface area (Å²) in [6.45, 7) is 10.3. The van der Waals surface area contributed by atoms with Crippen LogP contribution in [0.15, 0.2) is 30.3 Å². The minimum Gasteiger partial charge on any atom is -0.495 e. The average molecular weight is 558 g/mol. The number of nitrogens with zero attached hydrogens (tertiary/aromatic N) is 2. The zero-order chi connectivity index (χ0) is 28.1. The number of carbonyl (C=O) groups is 2. The van der Waals surface area contributed by atoms with Crippen molar-refractivity contribution in [2.24, 2.45) is 0 Å². The highest BCUT2D eigenvalue weighted by atomic mass is 35.5. The Morgan fingerprint density at radius 2 is 1.87 bits per heavy atom. The number of esters is 1. The molecule has 1 N–H and O–H groups in total. The fourth-order valence-corrected chi connectivity index (χ4v) is 6.00. The Morgan fingerprint density at radius 1 is 1.08 bits per heavy atom. The highest BCUT2D eigenvalue weighted by Gasteiger charge is 2.36. The Morgan fingerprint density at radius 3 is 2.59 bits per heavy atom. The number of benzene rings is 2. The fraction of sp³-hybridized carbons (Fsp3) is 0.533. The molecule has 0 radical (unpaired) electrons. The monoisotopic (exact) mass is 557 g/mol. The summed E-state index contributed by atoms with van der Waals surface area (Å²) in [6.07, 6.45) is 2.95. The van der Waals surface area contributed by atoms with Crippen molar-refractivity contribution >= 4 is 29.2 Å². The predicted octanol–water partition coefficient (Wildman–Crippen LogP) is 4.83. The van der Waals surface area contributed by atoms with E-state index >= 15 is 0 Å². The Labute approximate surface area is 236 Å². The smallest absolute Gasteiger partial charge is 0.303 e. The van der Waals surface area contributed by atoms with E-state index in [1.807, 2.05) is 18.2 Å². The van der Waals surface area contributed by atoms with E-state index in [0.29, 0.717) is 22.9 Å². The minimum absolute atomic E-state index is 0.169. The molecule has 2 aliphatic rings. The van der Waals surface area contributed by atoms with Crippen LogP contribution in [0.2, 0.25) is 5.02 Å². The van der Waals surface area contributed by atoms with Crippen LogP contribution in [0.4, 0.5) is 5.69 Å². The highest BCUT2D eigenvalue weighted by molar-refractivity contribution is 6.32. The Bertz CT molecular complexity index is 1190. The Kier molecular flexibility index (Phi) is 9.62. The van der Waals surface area contributed by atoms with Gasteiger partial charge in [-0.25, -0.2) is 0 Å². The van der Waals surface area contributed by atoms with Gasteiger partial charge in [-0.1, -0.05) is 17.7 Å². The molecule has 39 heavy (non-hydrogen) atoms. The number of carbonyl (C=O) groups excluding carboxylic acids is 2. The zero-order valence-corrected chi connectivity index (χ0v) is 24.3. The normalized spacial score (nSPS) is 20.1. The van der Waals surface area contributed by atoms with Gasteiger partial charge in [0.15, 0.2) is 6.10 Å². The largest absolute Gasteiger partial charge is 0.495 e. The summed E-state index contributed by atoms with van der Waals surface area (Å²) >= 11 is 6.26. The summed E-state index contributed by atoms with van der Waals surface area (Å²) < 4.78 is 16.9. The summed E-state index contributed by atoms with van der Waals surface area (Å²) in [5, 5.41) is 3.33. The molecule has 0 spiro atoms. The number of rotatable bonds is 9. The standard InChI is InChI=1S/C30H40ClN3O5/c1-19-20(2)29(38-18-25(39-22(4)36)16-32-21(3)35)12-10-26(19)28-8-6-7-24-17-33(13-14-34(24)28)23-9-11-27(31)30(15-23)37-5/h9-12,15,24-25,28H,6-8,13-14,16-18H2,1-5H3,(H,32,35)/t24-,25?,28+/m0/s1. The molecule has 1 amide bonds. The van der Waals surface area contributed by atoms with Crippen molar-refractivity contribution in [2.75, 3.05) is 44.8 Å². The van der Waals surface area contributed by atoms with Gasteiger partial charge in [-0.15, -0.1) is 0 Å². The van der Waals surface area contributed by atoms with Crippen LogP contribution < -0.4 is 19.7 Å². The zero-order valence-electron chi connectivity index (χ0n) is 23.6. The average Bonchev–Trinajstić information content (AvgIpc) is 2.91. The van der Waals surface area contributed by atoms with E-state index in [9.17, 15) is 9.59 Å². The van der Waals surface area contributed by atoms with Crippen LogP contribution in [0.3, 0.4) is 0 Å². The lowest BCUT2D eigenvalue weighted by molar-refractivity contribution is -0.148. The quantitative estimate of drug-likeness (QED) is 0.442. The van der Waals surface area contributed by atoms with Crippen LogP contribution in [-0.2, 0) is 14.3 Å². The molecular weight excluding hydrogens is 518 g/mol. The molecule has 2 fully saturated rings. The molecule has 2 aromatic carbocycles. The highest BCUT2D eigenvalue weighted by Crippen LogP contribution is 2.40. The lowest BCUT2D eigenvalue weighted by atomic mass is 9.86. The minimum atomic E-state index is -0.554. The molecule has 2 saturated heterocycles. The van der Waals surface area contributed by atoms with E-state index in [4.69, 9.17) is 25.8 Å². The van der Waals surface area contributed by atoms with Crippen LogP contribution >= 0.6 is 11.6 Å². The molecule has 3 atom stereocenters. The molecule has 1 unspecified atom stereocenters. The SMILES string of the molecule is COc1cc(N2CCN3[C@@H](CCC[C@@H]3c3ccc(OCC(CNC(C)=O)OC(C)=O)c(C)c3C)C2)ccc1Cl. The third-order valence-corrected chi connectivity index (χ3v) is 8.23. The maximum Gasteiger partial charge on any atom is 0.303 e. The fourth-order valence-electron chi connectivity index (χ4n) is 5.81. The number of hydrogen-bond acceptors (Lipinski definition) is 7. The van der Waals surface area contributed by atoms with Gasteiger partial charge in [0.2, 0.25) is 5.91 Å². The van der Waals surface area contributed by atoms with Gasteiger partial charge in [0.05, 0.1) is 18.7 Å². The van der Waals surface area contributed by atoms with Crippen molar-refractivity contribution in [3.05, 3.63) is 52.0 Å². The first-order chi connectivity index (χ1) is 18.7. The first-order valence-corrected chi connectivity index (χ1v) is 14.0.